The van der Waals surface area contributed by atoms with Crippen molar-refractivity contribution in [3.05, 3.63) is 45.1 Å². The van der Waals surface area contributed by atoms with E-state index in [-0.39, 0.29) is 24.4 Å². The van der Waals surface area contributed by atoms with E-state index in [0.717, 1.165) is 25.7 Å². The summed E-state index contributed by atoms with van der Waals surface area (Å²) in [4.78, 5) is 24.9. The van der Waals surface area contributed by atoms with E-state index in [9.17, 15) is 9.59 Å². The number of nitrogens with one attached hydrogen (secondary N) is 1. The average molecular weight is 382 g/mol. The molecule has 1 N–H and O–H groups in total. The smallest absolute Gasteiger partial charge is 0.336 e. The van der Waals surface area contributed by atoms with Crippen LogP contribution in [-0.4, -0.2) is 18.0 Å². The molecule has 134 valence electrons. The molecule has 3 rings (SSSR count). The Morgan fingerprint density at radius 1 is 1.20 bits per heavy atom. The van der Waals surface area contributed by atoms with Gasteiger partial charge in [-0.25, -0.2) is 4.79 Å². The van der Waals surface area contributed by atoms with Gasteiger partial charge >= 0.3 is 5.97 Å². The molecule has 0 radical (unpaired) electrons. The van der Waals surface area contributed by atoms with Crippen LogP contribution in [0.2, 0.25) is 10.0 Å². The maximum absolute atomic E-state index is 12.9. The summed E-state index contributed by atoms with van der Waals surface area (Å²) in [7, 11) is 0. The molecule has 1 aliphatic heterocycles. The minimum atomic E-state index is -0.448. The second-order valence-corrected chi connectivity index (χ2v) is 7.44. The van der Waals surface area contributed by atoms with Crippen LogP contribution in [-0.2, 0) is 14.3 Å². The third-order valence-corrected chi connectivity index (χ3v) is 5.71. The van der Waals surface area contributed by atoms with Crippen molar-refractivity contribution in [2.45, 2.75) is 57.5 Å². The number of carbonyl (C=O) groups excluding carboxylic acids is 2. The van der Waals surface area contributed by atoms with Crippen LogP contribution in [0.1, 0.15) is 56.9 Å². The Labute approximate surface area is 157 Å². The van der Waals surface area contributed by atoms with E-state index in [4.69, 9.17) is 27.9 Å². The van der Waals surface area contributed by atoms with Gasteiger partial charge in [-0.3, -0.25) is 4.79 Å². The summed E-state index contributed by atoms with van der Waals surface area (Å²) in [6.07, 6.45) is 5.24. The minimum Gasteiger partial charge on any atom is -0.459 e. The summed E-state index contributed by atoms with van der Waals surface area (Å²) in [5.74, 6) is -0.964. The van der Waals surface area contributed by atoms with Crippen molar-refractivity contribution >= 4 is 35.1 Å². The van der Waals surface area contributed by atoms with Crippen molar-refractivity contribution < 1.29 is 14.3 Å². The molecule has 1 aromatic rings. The third-order valence-electron chi connectivity index (χ3n) is 4.87. The zero-order chi connectivity index (χ0) is 18.0. The molecule has 0 spiro atoms. The molecule has 1 aromatic carbocycles. The van der Waals surface area contributed by atoms with Crippen LogP contribution in [0, 0.1) is 0 Å². The number of amides is 1. The number of hydrogen-bond donors (Lipinski definition) is 1. The fourth-order valence-corrected chi connectivity index (χ4v) is 4.06. The molecular formula is C19H21Cl2NO3. The maximum atomic E-state index is 12.9. The maximum Gasteiger partial charge on any atom is 0.336 e. The van der Waals surface area contributed by atoms with Gasteiger partial charge in [-0.2, -0.15) is 0 Å². The number of esters is 1. The highest BCUT2D eigenvalue weighted by Crippen LogP contribution is 2.40. The fraction of sp³-hybridized carbons (Fsp3) is 0.474. The Balaban J connectivity index is 1.92. The highest BCUT2D eigenvalue weighted by Gasteiger charge is 2.35. The Morgan fingerprint density at radius 2 is 1.92 bits per heavy atom. The third kappa shape index (κ3) is 4.01. The lowest BCUT2D eigenvalue weighted by Gasteiger charge is -2.29. The van der Waals surface area contributed by atoms with E-state index < -0.39 is 5.92 Å². The highest BCUT2D eigenvalue weighted by molar-refractivity contribution is 6.42. The number of ether oxygens (including phenoxy) is 1. The number of halogens is 2. The molecule has 1 aliphatic carbocycles. The van der Waals surface area contributed by atoms with Crippen molar-refractivity contribution in [1.29, 1.82) is 0 Å². The van der Waals surface area contributed by atoms with Gasteiger partial charge in [0.25, 0.3) is 0 Å². The van der Waals surface area contributed by atoms with Crippen LogP contribution < -0.4 is 5.32 Å². The van der Waals surface area contributed by atoms with Crippen LogP contribution in [0.3, 0.4) is 0 Å². The zero-order valence-electron chi connectivity index (χ0n) is 14.1. The largest absolute Gasteiger partial charge is 0.459 e. The number of carbonyl (C=O) groups is 2. The summed E-state index contributed by atoms with van der Waals surface area (Å²) in [6, 6.07) is 5.26. The van der Waals surface area contributed by atoms with Crippen LogP contribution in [0.4, 0.5) is 0 Å². The van der Waals surface area contributed by atoms with Gasteiger partial charge < -0.3 is 10.1 Å². The lowest BCUT2D eigenvalue weighted by atomic mass is 9.84. The van der Waals surface area contributed by atoms with Crippen LogP contribution in [0.15, 0.2) is 29.5 Å². The molecule has 0 bridgehead atoms. The van der Waals surface area contributed by atoms with Crippen molar-refractivity contribution in [3.8, 4) is 0 Å². The zero-order valence-corrected chi connectivity index (χ0v) is 15.6. The molecule has 2 aliphatic rings. The Morgan fingerprint density at radius 3 is 2.64 bits per heavy atom. The van der Waals surface area contributed by atoms with Gasteiger partial charge in [-0.1, -0.05) is 41.8 Å². The molecule has 0 unspecified atom stereocenters. The summed E-state index contributed by atoms with van der Waals surface area (Å²) in [6.45, 7) is 1.72. The molecule has 1 fully saturated rings. The number of benzene rings is 1. The highest BCUT2D eigenvalue weighted by atomic mass is 35.5. The van der Waals surface area contributed by atoms with Crippen molar-refractivity contribution in [1.82, 2.24) is 5.32 Å². The van der Waals surface area contributed by atoms with Crippen molar-refractivity contribution in [2.75, 3.05) is 0 Å². The number of hydrogen-bond acceptors (Lipinski definition) is 3. The lowest BCUT2D eigenvalue weighted by molar-refractivity contribution is -0.146. The van der Waals surface area contributed by atoms with E-state index in [1.165, 1.54) is 6.42 Å². The van der Waals surface area contributed by atoms with Crippen LogP contribution in [0.5, 0.6) is 0 Å². The molecule has 4 nitrogen and oxygen atoms in total. The van der Waals surface area contributed by atoms with Gasteiger partial charge in [0, 0.05) is 18.0 Å². The standard InChI is InChI=1S/C19H21Cl2NO3/c1-11-17(19(24)25-12-6-3-2-4-7-12)14(10-16(23)22-11)13-8-5-9-15(20)18(13)21/h5,8-9,12,14H,2-4,6-7,10H2,1H3,(H,22,23)/t14-/m0/s1. The molecule has 1 amide bonds. The molecular weight excluding hydrogens is 361 g/mol. The molecule has 0 aromatic heterocycles. The average Bonchev–Trinajstić information content (AvgIpc) is 2.57. The molecule has 0 saturated heterocycles. The fourth-order valence-electron chi connectivity index (χ4n) is 3.62. The summed E-state index contributed by atoms with van der Waals surface area (Å²) < 4.78 is 5.73. The number of allylic oxidation sites excluding steroid dienone is 1. The monoisotopic (exact) mass is 381 g/mol. The second kappa shape index (κ2) is 7.79. The molecule has 1 saturated carbocycles. The van der Waals surface area contributed by atoms with Crippen molar-refractivity contribution in [2.24, 2.45) is 0 Å². The Hall–Kier alpha value is -1.52. The quantitative estimate of drug-likeness (QED) is 0.768. The first-order valence-corrected chi connectivity index (χ1v) is 9.38. The molecule has 1 atom stereocenters. The van der Waals surface area contributed by atoms with Gasteiger partial charge in [0.2, 0.25) is 5.91 Å². The first-order valence-electron chi connectivity index (χ1n) is 8.63. The normalized spacial score (nSPS) is 21.9. The minimum absolute atomic E-state index is 0.0466. The van der Waals surface area contributed by atoms with E-state index in [1.54, 1.807) is 25.1 Å². The van der Waals surface area contributed by atoms with Crippen molar-refractivity contribution in [3.63, 3.8) is 0 Å². The molecule has 1 heterocycles. The molecule has 25 heavy (non-hydrogen) atoms. The first-order chi connectivity index (χ1) is 12.0. The van der Waals surface area contributed by atoms with E-state index in [0.29, 0.717) is 26.9 Å². The summed E-state index contributed by atoms with van der Waals surface area (Å²) in [5.41, 5.74) is 1.67. The van der Waals surface area contributed by atoms with Crippen LogP contribution in [0.25, 0.3) is 0 Å². The SMILES string of the molecule is CC1=C(C(=O)OC2CCCCC2)[C@H](c2cccc(Cl)c2Cl)CC(=O)N1. The molecule has 6 heteroatoms. The first kappa shape index (κ1) is 18.3. The van der Waals surface area contributed by atoms with E-state index in [1.807, 2.05) is 0 Å². The lowest BCUT2D eigenvalue weighted by Crippen LogP contribution is -2.35. The van der Waals surface area contributed by atoms with E-state index in [2.05, 4.69) is 5.32 Å². The van der Waals surface area contributed by atoms with E-state index >= 15 is 0 Å². The Bertz CT molecular complexity index is 723. The van der Waals surface area contributed by atoms with Gasteiger partial charge in [-0.15, -0.1) is 0 Å². The van der Waals surface area contributed by atoms with Gasteiger partial charge in [0.05, 0.1) is 15.6 Å². The van der Waals surface area contributed by atoms with Crippen LogP contribution >= 0.6 is 23.2 Å². The predicted molar refractivity (Wildman–Crippen MR) is 97.6 cm³/mol. The number of rotatable bonds is 3. The summed E-state index contributed by atoms with van der Waals surface area (Å²) in [5, 5.41) is 3.53. The van der Waals surface area contributed by atoms with Gasteiger partial charge in [-0.05, 0) is 44.2 Å². The summed E-state index contributed by atoms with van der Waals surface area (Å²) >= 11 is 12.5. The van der Waals surface area contributed by atoms with Gasteiger partial charge in [0.15, 0.2) is 0 Å². The predicted octanol–water partition coefficient (Wildman–Crippen LogP) is 4.75. The topological polar surface area (TPSA) is 55.4 Å². The Kier molecular flexibility index (Phi) is 5.70. The second-order valence-electron chi connectivity index (χ2n) is 6.65. The van der Waals surface area contributed by atoms with Gasteiger partial charge in [0.1, 0.15) is 6.10 Å².